The molecule has 1 N–H and O–H groups in total. The van der Waals surface area contributed by atoms with Crippen molar-refractivity contribution in [2.24, 2.45) is 51.2 Å². The number of carbonyl (C=O) groups excluding carboxylic acids is 1. The van der Waals surface area contributed by atoms with Gasteiger partial charge in [0.05, 0.1) is 62.2 Å². The molecular weight excluding hydrogens is 626 g/mol. The Morgan fingerprint density at radius 2 is 1.71 bits per heavy atom. The number of carbonyl (C=O) groups is 1. The number of ether oxygens (including phenoxy) is 5. The fourth-order valence-corrected chi connectivity index (χ4v) is 13.6. The third-order valence-corrected chi connectivity index (χ3v) is 16.3. The van der Waals surface area contributed by atoms with Crippen LogP contribution in [0.5, 0.6) is 0 Å². The summed E-state index contributed by atoms with van der Waals surface area (Å²) in [5.41, 5.74) is 0.311. The number of hydrogen-bond acceptors (Lipinski definition) is 8. The Bertz CT molecular complexity index is 1250. The van der Waals surface area contributed by atoms with E-state index in [0.29, 0.717) is 40.0 Å². The van der Waals surface area contributed by atoms with Crippen LogP contribution in [0.3, 0.4) is 0 Å². The van der Waals surface area contributed by atoms with Crippen molar-refractivity contribution >= 4 is 19.5 Å². The van der Waals surface area contributed by atoms with E-state index in [1.807, 2.05) is 0 Å². The maximum absolute atomic E-state index is 12.7. The van der Waals surface area contributed by atoms with Gasteiger partial charge in [-0.15, -0.1) is 0 Å². The zero-order valence-electron chi connectivity index (χ0n) is 30.2. The highest BCUT2D eigenvalue weighted by Gasteiger charge is 2.80. The van der Waals surface area contributed by atoms with Crippen LogP contribution in [0.2, 0.25) is 0 Å². The monoisotopic (exact) mass is 689 g/mol. The highest BCUT2D eigenvalue weighted by atomic mass is 32.1. The molecule has 0 radical (unpaired) electrons. The third-order valence-electron chi connectivity index (χ3n) is 16.3. The Morgan fingerprint density at radius 3 is 2.42 bits per heavy atom. The summed E-state index contributed by atoms with van der Waals surface area (Å²) in [4.78, 5) is 15.2. The quantitative estimate of drug-likeness (QED) is 0.334. The largest absolute Gasteiger partial charge is 0.456 e. The van der Waals surface area contributed by atoms with Crippen LogP contribution in [0, 0.1) is 51.2 Å². The van der Waals surface area contributed by atoms with Gasteiger partial charge in [0.2, 0.25) is 0 Å². The molecule has 0 aromatic rings. The standard InChI is InChI=1S/C39H61NO7.H2S/c1-35(2)30-11-9-25-27-18-29-26(8-10-28(45-29)33(36(3,4)42)47-34(41)23-6-7-23)37(27,5)14-15-38(25)22-39(30,38)13-12-31(35)46-32-19-40(16-17-44-32)24-20-43-21-24;/h23-33,42H,6-22H2,1-5H3;1H2/t25?,26?,27?,28?,29?,30?,31-,32?,33-,37?,38-,39?;/m0./s1. The summed E-state index contributed by atoms with van der Waals surface area (Å²) in [5.74, 6) is 2.65. The van der Waals surface area contributed by atoms with Crippen molar-refractivity contribution in [2.75, 3.05) is 32.9 Å². The topological polar surface area (TPSA) is 86.7 Å². The fourth-order valence-electron chi connectivity index (χ4n) is 13.6. The van der Waals surface area contributed by atoms with Gasteiger partial charge in [-0.1, -0.05) is 20.8 Å². The number of fused-ring (bicyclic) bond motifs is 4. The summed E-state index contributed by atoms with van der Waals surface area (Å²) in [6.45, 7) is 15.5. The third kappa shape index (κ3) is 5.15. The molecule has 3 saturated heterocycles. The van der Waals surface area contributed by atoms with Crippen molar-refractivity contribution in [3.63, 3.8) is 0 Å². The molecule has 9 heteroatoms. The second-order valence-electron chi connectivity index (χ2n) is 19.2. The van der Waals surface area contributed by atoms with Crippen LogP contribution in [-0.4, -0.2) is 91.2 Å². The second kappa shape index (κ2) is 11.8. The molecule has 3 heterocycles. The minimum absolute atomic E-state index is 0. The molecule has 8 nitrogen and oxygen atoms in total. The second-order valence-corrected chi connectivity index (χ2v) is 19.2. The van der Waals surface area contributed by atoms with Gasteiger partial charge in [0.25, 0.3) is 0 Å². The summed E-state index contributed by atoms with van der Waals surface area (Å²) >= 11 is 0. The van der Waals surface area contributed by atoms with Gasteiger partial charge in [-0.05, 0) is 136 Å². The predicted molar refractivity (Wildman–Crippen MR) is 186 cm³/mol. The highest BCUT2D eigenvalue weighted by Crippen LogP contribution is 2.87. The molecule has 9 unspecified atom stereocenters. The van der Waals surface area contributed by atoms with Gasteiger partial charge in [-0.3, -0.25) is 9.69 Å². The summed E-state index contributed by atoms with van der Waals surface area (Å²) in [5, 5.41) is 11.1. The highest BCUT2D eigenvalue weighted by molar-refractivity contribution is 7.59. The van der Waals surface area contributed by atoms with Crippen molar-refractivity contribution in [1.29, 1.82) is 0 Å². The first kappa shape index (κ1) is 34.7. The normalized spacial score (nSPS) is 48.7. The van der Waals surface area contributed by atoms with Gasteiger partial charge in [0.15, 0.2) is 12.4 Å². The van der Waals surface area contributed by atoms with Crippen molar-refractivity contribution in [1.82, 2.24) is 4.90 Å². The molecule has 48 heavy (non-hydrogen) atoms. The van der Waals surface area contributed by atoms with Crippen LogP contribution in [-0.2, 0) is 28.5 Å². The van der Waals surface area contributed by atoms with Gasteiger partial charge in [-0.25, -0.2) is 0 Å². The van der Waals surface area contributed by atoms with Crippen molar-refractivity contribution in [3.8, 4) is 0 Å². The lowest BCUT2D eigenvalue weighted by atomic mass is 9.46. The molecule has 9 aliphatic rings. The summed E-state index contributed by atoms with van der Waals surface area (Å²) in [7, 11) is 0. The Kier molecular flexibility index (Phi) is 8.52. The Labute approximate surface area is 295 Å². The van der Waals surface area contributed by atoms with E-state index in [0.717, 1.165) is 77.4 Å². The maximum Gasteiger partial charge on any atom is 0.309 e. The predicted octanol–water partition coefficient (Wildman–Crippen LogP) is 5.84. The maximum atomic E-state index is 12.7. The zero-order chi connectivity index (χ0) is 32.6. The SMILES string of the molecule is CC12CC[C@@]34CC35CC[C@H](OC3CN(C6COC6)CCO3)C(C)(C)C5CCC4C1CC1OC([C@H](OC(=O)C3CC3)C(C)(C)O)CCC12.S. The Hall–Kier alpha value is -0.420. The van der Waals surface area contributed by atoms with Crippen LogP contribution >= 0.6 is 13.5 Å². The van der Waals surface area contributed by atoms with Crippen LogP contribution < -0.4 is 0 Å². The lowest BCUT2D eigenvalue weighted by Gasteiger charge is -2.60. The molecule has 0 bridgehead atoms. The molecule has 6 saturated carbocycles. The minimum Gasteiger partial charge on any atom is -0.456 e. The van der Waals surface area contributed by atoms with Gasteiger partial charge in [0, 0.05) is 6.54 Å². The van der Waals surface area contributed by atoms with Crippen LogP contribution in [0.1, 0.15) is 112 Å². The summed E-state index contributed by atoms with van der Waals surface area (Å²) in [6, 6.07) is 0.537. The average Bonchev–Trinajstić information content (AvgIpc) is 3.91. The van der Waals surface area contributed by atoms with Crippen LogP contribution in [0.25, 0.3) is 0 Å². The number of hydrogen-bond donors (Lipinski definition) is 1. The van der Waals surface area contributed by atoms with E-state index < -0.39 is 11.7 Å². The molecule has 0 amide bonds. The first-order valence-electron chi connectivity index (χ1n) is 19.5. The zero-order valence-corrected chi connectivity index (χ0v) is 31.2. The lowest BCUT2D eigenvalue weighted by molar-refractivity contribution is -0.253. The number of morpholine rings is 1. The average molecular weight is 690 g/mol. The molecular formula is C39H63NO7S. The van der Waals surface area contributed by atoms with Crippen molar-refractivity contribution < 1.29 is 33.6 Å². The van der Waals surface area contributed by atoms with Gasteiger partial charge < -0.3 is 28.8 Å². The molecule has 12 atom stereocenters. The number of esters is 1. The number of rotatable bonds is 7. The lowest BCUT2D eigenvalue weighted by Crippen LogP contribution is -2.58. The first-order valence-corrected chi connectivity index (χ1v) is 19.5. The van der Waals surface area contributed by atoms with E-state index >= 15 is 0 Å². The van der Waals surface area contributed by atoms with E-state index in [4.69, 9.17) is 23.7 Å². The van der Waals surface area contributed by atoms with E-state index in [1.165, 1.54) is 38.5 Å². The molecule has 6 aliphatic carbocycles. The molecule has 0 aromatic heterocycles. The van der Waals surface area contributed by atoms with Gasteiger partial charge in [-0.2, -0.15) is 13.5 Å². The van der Waals surface area contributed by atoms with E-state index in [2.05, 4.69) is 25.7 Å². The number of nitrogens with zero attached hydrogens (tertiary/aromatic N) is 1. The Balaban J connectivity index is 0.00000336. The minimum atomic E-state index is -1.12. The molecule has 9 fully saturated rings. The smallest absolute Gasteiger partial charge is 0.309 e. The van der Waals surface area contributed by atoms with Crippen LogP contribution in [0.4, 0.5) is 0 Å². The fraction of sp³-hybridized carbons (Fsp3) is 0.974. The van der Waals surface area contributed by atoms with E-state index in [1.54, 1.807) is 13.8 Å². The van der Waals surface area contributed by atoms with Gasteiger partial charge in [0.1, 0.15) is 0 Å². The first-order chi connectivity index (χ1) is 22.4. The van der Waals surface area contributed by atoms with E-state index in [9.17, 15) is 9.90 Å². The number of aliphatic hydroxyl groups is 1. The molecule has 272 valence electrons. The van der Waals surface area contributed by atoms with Crippen molar-refractivity contribution in [3.05, 3.63) is 0 Å². The Morgan fingerprint density at radius 1 is 0.938 bits per heavy atom. The van der Waals surface area contributed by atoms with E-state index in [-0.39, 0.29) is 55.4 Å². The molecule has 2 spiro atoms. The van der Waals surface area contributed by atoms with Crippen molar-refractivity contribution in [2.45, 2.75) is 154 Å². The summed E-state index contributed by atoms with van der Waals surface area (Å²) < 4.78 is 31.6. The van der Waals surface area contributed by atoms with Gasteiger partial charge >= 0.3 is 5.97 Å². The van der Waals surface area contributed by atoms with Crippen LogP contribution in [0.15, 0.2) is 0 Å². The molecule has 3 aliphatic heterocycles. The molecule has 9 rings (SSSR count). The molecule has 0 aromatic carbocycles. The summed E-state index contributed by atoms with van der Waals surface area (Å²) in [6.07, 6.45) is 13.7.